The lowest BCUT2D eigenvalue weighted by Gasteiger charge is -1.94. The molecule has 0 atom stereocenters. The minimum atomic E-state index is -0.486. The van der Waals surface area contributed by atoms with Gasteiger partial charge in [0.25, 0.3) is 5.91 Å². The van der Waals surface area contributed by atoms with Gasteiger partial charge in [0.1, 0.15) is 0 Å². The molecule has 0 aliphatic carbocycles. The maximum absolute atomic E-state index is 10.7. The van der Waals surface area contributed by atoms with Crippen LogP contribution in [0.1, 0.15) is 17.3 Å². The molecule has 1 aromatic carbocycles. The number of nitrogens with one attached hydrogen (secondary N) is 2. The van der Waals surface area contributed by atoms with Gasteiger partial charge < -0.3 is 0 Å². The second kappa shape index (κ2) is 7.48. The van der Waals surface area contributed by atoms with Crippen LogP contribution in [0.2, 0.25) is 0 Å². The summed E-state index contributed by atoms with van der Waals surface area (Å²) in [6, 6.07) is 8.49. The van der Waals surface area contributed by atoms with E-state index in [0.29, 0.717) is 5.56 Å². The maximum Gasteiger partial charge on any atom is 0.274 e. The van der Waals surface area contributed by atoms with Crippen LogP contribution in [0.3, 0.4) is 0 Å². The minimum absolute atomic E-state index is 0.440. The molecular weight excluding hydrogens is 200 g/mol. The molecule has 0 heterocycles. The summed E-state index contributed by atoms with van der Waals surface area (Å²) in [5.41, 5.74) is 3.38. The van der Waals surface area contributed by atoms with Crippen molar-refractivity contribution in [3.8, 4) is 0 Å². The van der Waals surface area contributed by atoms with Crippen LogP contribution < -0.4 is 11.0 Å². The first-order valence-electron chi connectivity index (χ1n) is 4.02. The molecule has 0 spiro atoms. The van der Waals surface area contributed by atoms with Crippen LogP contribution in [0.15, 0.2) is 30.3 Å². The van der Waals surface area contributed by atoms with Crippen molar-refractivity contribution in [1.29, 1.82) is 0 Å². The highest BCUT2D eigenvalue weighted by Crippen LogP contribution is 1.96. The molecule has 0 aliphatic rings. The lowest BCUT2D eigenvalue weighted by Crippen LogP contribution is -2.18. The Morgan fingerprint density at radius 3 is 1.87 bits per heavy atom. The van der Waals surface area contributed by atoms with E-state index in [2.05, 4.69) is 0 Å². The third-order valence-corrected chi connectivity index (χ3v) is 1.29. The van der Waals surface area contributed by atoms with Gasteiger partial charge in [-0.3, -0.25) is 20.0 Å². The van der Waals surface area contributed by atoms with Crippen LogP contribution >= 0.6 is 0 Å². The Bertz CT molecular complexity index is 313. The van der Waals surface area contributed by atoms with Crippen LogP contribution in [-0.4, -0.2) is 22.2 Å². The van der Waals surface area contributed by atoms with Crippen LogP contribution in [-0.2, 0) is 4.79 Å². The molecule has 6 nitrogen and oxygen atoms in total. The van der Waals surface area contributed by atoms with Crippen molar-refractivity contribution in [3.05, 3.63) is 35.9 Å². The predicted octanol–water partition coefficient (Wildman–Crippen LogP) is 0.317. The number of carbonyl (C=O) groups is 2. The second-order valence-electron chi connectivity index (χ2n) is 2.47. The highest BCUT2D eigenvalue weighted by atomic mass is 16.5. The van der Waals surface area contributed by atoms with E-state index in [1.807, 2.05) is 0 Å². The van der Waals surface area contributed by atoms with Gasteiger partial charge in [-0.15, -0.1) is 0 Å². The van der Waals surface area contributed by atoms with Gasteiger partial charge in [-0.1, -0.05) is 18.2 Å². The second-order valence-corrected chi connectivity index (χ2v) is 2.47. The molecule has 0 saturated heterocycles. The molecule has 0 unspecified atom stereocenters. The molecule has 4 N–H and O–H groups in total. The zero-order valence-electron chi connectivity index (χ0n) is 8.10. The third kappa shape index (κ3) is 6.19. The van der Waals surface area contributed by atoms with Crippen LogP contribution in [0.4, 0.5) is 0 Å². The van der Waals surface area contributed by atoms with E-state index in [9.17, 15) is 9.59 Å². The summed E-state index contributed by atoms with van der Waals surface area (Å²) < 4.78 is 0. The highest BCUT2D eigenvalue weighted by Gasteiger charge is 1.99. The fraction of sp³-hybridized carbons (Fsp3) is 0.111. The van der Waals surface area contributed by atoms with Crippen molar-refractivity contribution in [2.24, 2.45) is 0 Å². The van der Waals surface area contributed by atoms with Crippen LogP contribution in [0.25, 0.3) is 0 Å². The van der Waals surface area contributed by atoms with Gasteiger partial charge in [-0.05, 0) is 12.1 Å². The number of hydrogen-bond acceptors (Lipinski definition) is 4. The standard InChI is InChI=1S/C7H7NO2.C2H5NO2/c9-7(8-10)6-4-2-1-3-5-6;1-2(4)3-5/h1-5,10H,(H,8,9);5H,1H3,(H,3,4). The van der Waals surface area contributed by atoms with Crippen molar-refractivity contribution in [2.45, 2.75) is 6.92 Å². The average molecular weight is 212 g/mol. The Labute approximate surface area is 86.5 Å². The minimum Gasteiger partial charge on any atom is -0.289 e. The molecule has 0 aromatic heterocycles. The number of rotatable bonds is 1. The van der Waals surface area contributed by atoms with Gasteiger partial charge in [-0.25, -0.2) is 11.0 Å². The van der Waals surface area contributed by atoms with Gasteiger partial charge in [0.05, 0.1) is 0 Å². The summed E-state index contributed by atoms with van der Waals surface area (Å²) in [6.07, 6.45) is 0. The molecule has 0 bridgehead atoms. The lowest BCUT2D eigenvalue weighted by atomic mass is 10.2. The van der Waals surface area contributed by atoms with Gasteiger partial charge in [0.2, 0.25) is 5.91 Å². The summed E-state index contributed by atoms with van der Waals surface area (Å²) >= 11 is 0. The van der Waals surface area contributed by atoms with Gasteiger partial charge >= 0.3 is 0 Å². The third-order valence-electron chi connectivity index (χ3n) is 1.29. The van der Waals surface area contributed by atoms with Gasteiger partial charge in [0.15, 0.2) is 0 Å². The summed E-state index contributed by atoms with van der Waals surface area (Å²) in [5.74, 6) is -0.925. The first kappa shape index (κ1) is 13.1. The summed E-state index contributed by atoms with van der Waals surface area (Å²) in [7, 11) is 0. The Morgan fingerprint density at radius 1 is 1.07 bits per heavy atom. The number of benzene rings is 1. The molecular formula is C9H12N2O4. The summed E-state index contributed by atoms with van der Waals surface area (Å²) in [4.78, 5) is 20.1. The van der Waals surface area contributed by atoms with E-state index in [1.54, 1.807) is 35.8 Å². The fourth-order valence-corrected chi connectivity index (χ4v) is 0.654. The smallest absolute Gasteiger partial charge is 0.274 e. The first-order chi connectivity index (χ1) is 7.11. The number of hydrogen-bond donors (Lipinski definition) is 4. The van der Waals surface area contributed by atoms with E-state index >= 15 is 0 Å². The zero-order chi connectivity index (χ0) is 11.7. The molecule has 82 valence electrons. The van der Waals surface area contributed by atoms with Crippen LogP contribution in [0.5, 0.6) is 0 Å². The molecule has 6 heteroatoms. The summed E-state index contributed by atoms with van der Waals surface area (Å²) in [6.45, 7) is 1.22. The number of hydroxylamine groups is 2. The van der Waals surface area contributed by atoms with Crippen LogP contribution in [0, 0.1) is 0 Å². The monoisotopic (exact) mass is 212 g/mol. The van der Waals surface area contributed by atoms with Crippen molar-refractivity contribution >= 4 is 11.8 Å². The molecule has 1 aromatic rings. The van der Waals surface area contributed by atoms with Crippen molar-refractivity contribution in [1.82, 2.24) is 11.0 Å². The Balaban J connectivity index is 0.000000336. The quantitative estimate of drug-likeness (QED) is 0.398. The van der Waals surface area contributed by atoms with E-state index in [-0.39, 0.29) is 0 Å². The number of amides is 2. The topological polar surface area (TPSA) is 98.7 Å². The number of carbonyl (C=O) groups excluding carboxylic acids is 2. The highest BCUT2D eigenvalue weighted by molar-refractivity contribution is 5.93. The SMILES string of the molecule is CC(=O)NO.O=C(NO)c1ccccc1. The molecule has 2 amide bonds. The van der Waals surface area contributed by atoms with Crippen molar-refractivity contribution in [2.75, 3.05) is 0 Å². The van der Waals surface area contributed by atoms with E-state index < -0.39 is 11.8 Å². The summed E-state index contributed by atoms with van der Waals surface area (Å²) in [5, 5.41) is 15.7. The van der Waals surface area contributed by atoms with E-state index in [0.717, 1.165) is 0 Å². The Kier molecular flexibility index (Phi) is 6.52. The average Bonchev–Trinajstić information content (AvgIpc) is 2.30. The van der Waals surface area contributed by atoms with Crippen molar-refractivity contribution in [3.63, 3.8) is 0 Å². The first-order valence-corrected chi connectivity index (χ1v) is 4.02. The molecule has 0 radical (unpaired) electrons. The Morgan fingerprint density at radius 2 is 1.53 bits per heavy atom. The van der Waals surface area contributed by atoms with Gasteiger partial charge in [0, 0.05) is 12.5 Å². The largest absolute Gasteiger partial charge is 0.289 e. The zero-order valence-corrected chi connectivity index (χ0v) is 8.10. The van der Waals surface area contributed by atoms with Crippen molar-refractivity contribution < 1.29 is 20.0 Å². The lowest BCUT2D eigenvalue weighted by molar-refractivity contribution is -0.126. The molecule has 0 fully saturated rings. The molecule has 1 rings (SSSR count). The fourth-order valence-electron chi connectivity index (χ4n) is 0.654. The predicted molar refractivity (Wildman–Crippen MR) is 51.3 cm³/mol. The maximum atomic E-state index is 10.7. The molecule has 0 saturated carbocycles. The molecule has 0 aliphatic heterocycles. The Hall–Kier alpha value is -1.92. The normalized spacial score (nSPS) is 8.20. The van der Waals surface area contributed by atoms with E-state index in [1.165, 1.54) is 12.4 Å². The van der Waals surface area contributed by atoms with E-state index in [4.69, 9.17) is 10.4 Å². The molecule has 15 heavy (non-hydrogen) atoms. The van der Waals surface area contributed by atoms with Gasteiger partial charge in [-0.2, -0.15) is 0 Å².